The first-order valence-corrected chi connectivity index (χ1v) is 12.0. The SMILES string of the molecule is Cc1ccc2cc(C(=O)N3CCC[C@H]3CN3CCN(c4n[nH]c5ccccc45)CC3)[nH]c2c1. The zero-order valence-corrected chi connectivity index (χ0v) is 19.1. The lowest BCUT2D eigenvalue weighted by Gasteiger charge is -2.37. The van der Waals surface area contributed by atoms with Crippen LogP contribution in [0.15, 0.2) is 48.5 Å². The third-order valence-electron chi connectivity index (χ3n) is 7.24. The van der Waals surface area contributed by atoms with Crippen LogP contribution in [-0.2, 0) is 0 Å². The number of aryl methyl sites for hydroxylation is 1. The Morgan fingerprint density at radius 2 is 1.88 bits per heavy atom. The predicted octanol–water partition coefficient (Wildman–Crippen LogP) is 3.78. The number of para-hydroxylation sites is 1. The van der Waals surface area contributed by atoms with E-state index in [9.17, 15) is 4.79 Å². The molecule has 0 aliphatic carbocycles. The van der Waals surface area contributed by atoms with Crippen LogP contribution in [0.25, 0.3) is 21.8 Å². The van der Waals surface area contributed by atoms with Gasteiger partial charge in [0.1, 0.15) is 5.69 Å². The van der Waals surface area contributed by atoms with Gasteiger partial charge in [0, 0.05) is 61.6 Å². The van der Waals surface area contributed by atoms with Crippen LogP contribution in [0.2, 0.25) is 0 Å². The second kappa shape index (κ2) is 8.23. The molecule has 4 aromatic rings. The number of fused-ring (bicyclic) bond motifs is 2. The fourth-order valence-corrected chi connectivity index (χ4v) is 5.43. The van der Waals surface area contributed by atoms with E-state index in [2.05, 4.69) is 73.2 Å². The number of H-pyrrole nitrogens is 2. The minimum atomic E-state index is 0.132. The zero-order chi connectivity index (χ0) is 22.4. The van der Waals surface area contributed by atoms with Gasteiger partial charge in [-0.3, -0.25) is 14.8 Å². The fourth-order valence-electron chi connectivity index (χ4n) is 5.43. The summed E-state index contributed by atoms with van der Waals surface area (Å²) < 4.78 is 0. The Labute approximate surface area is 193 Å². The van der Waals surface area contributed by atoms with Gasteiger partial charge in [0.25, 0.3) is 5.91 Å². The maximum atomic E-state index is 13.3. The maximum Gasteiger partial charge on any atom is 0.270 e. The van der Waals surface area contributed by atoms with Crippen LogP contribution in [0.1, 0.15) is 28.9 Å². The number of anilines is 1. The number of hydrogen-bond donors (Lipinski definition) is 2. The number of nitrogens with zero attached hydrogens (tertiary/aromatic N) is 4. The number of hydrogen-bond acceptors (Lipinski definition) is 4. The summed E-state index contributed by atoms with van der Waals surface area (Å²) in [5.41, 5.74) is 4.03. The molecule has 170 valence electrons. The first-order chi connectivity index (χ1) is 16.2. The number of rotatable bonds is 4. The van der Waals surface area contributed by atoms with Gasteiger partial charge in [-0.05, 0) is 49.6 Å². The second-order valence-electron chi connectivity index (χ2n) is 9.45. The van der Waals surface area contributed by atoms with E-state index < -0.39 is 0 Å². The van der Waals surface area contributed by atoms with Crippen LogP contribution in [-0.4, -0.2) is 76.2 Å². The summed E-state index contributed by atoms with van der Waals surface area (Å²) in [7, 11) is 0. The maximum absolute atomic E-state index is 13.3. The van der Waals surface area contributed by atoms with Gasteiger partial charge in [-0.1, -0.05) is 24.3 Å². The van der Waals surface area contributed by atoms with Crippen molar-refractivity contribution in [3.63, 3.8) is 0 Å². The van der Waals surface area contributed by atoms with Crippen molar-refractivity contribution in [3.05, 3.63) is 59.8 Å². The highest BCUT2D eigenvalue weighted by Crippen LogP contribution is 2.26. The Bertz CT molecular complexity index is 1300. The molecule has 2 saturated heterocycles. The Balaban J connectivity index is 1.11. The molecule has 0 saturated carbocycles. The Kier molecular flexibility index (Phi) is 5.06. The standard InChI is InChI=1S/C26H30N6O/c1-18-8-9-19-16-24(27-23(19)15-18)26(33)32-10-4-5-20(32)17-30-11-13-31(14-12-30)25-21-6-2-3-7-22(21)28-29-25/h2-3,6-9,15-16,20,27H,4-5,10-14,17H2,1H3,(H,28,29)/t20-/m0/s1. The van der Waals surface area contributed by atoms with Crippen molar-refractivity contribution in [2.24, 2.45) is 0 Å². The normalized spacial score (nSPS) is 19.7. The van der Waals surface area contributed by atoms with Gasteiger partial charge in [-0.25, -0.2) is 0 Å². The van der Waals surface area contributed by atoms with Gasteiger partial charge < -0.3 is 14.8 Å². The molecule has 4 heterocycles. The average molecular weight is 443 g/mol. The number of carbonyl (C=O) groups is 1. The number of aromatic nitrogens is 3. The fraction of sp³-hybridized carbons (Fsp3) is 0.385. The highest BCUT2D eigenvalue weighted by atomic mass is 16.2. The zero-order valence-electron chi connectivity index (χ0n) is 19.1. The molecule has 1 amide bonds. The summed E-state index contributed by atoms with van der Waals surface area (Å²) in [5, 5.41) is 10.0. The molecule has 2 aromatic heterocycles. The van der Waals surface area contributed by atoms with Crippen molar-refractivity contribution >= 4 is 33.5 Å². The lowest BCUT2D eigenvalue weighted by atomic mass is 10.1. The number of carbonyl (C=O) groups excluding carboxylic acids is 1. The third kappa shape index (κ3) is 3.76. The number of piperazine rings is 1. The Morgan fingerprint density at radius 3 is 2.76 bits per heavy atom. The van der Waals surface area contributed by atoms with Gasteiger partial charge in [0.15, 0.2) is 5.82 Å². The van der Waals surface area contributed by atoms with Crippen LogP contribution < -0.4 is 4.90 Å². The molecule has 1 atom stereocenters. The molecule has 0 unspecified atom stereocenters. The summed E-state index contributed by atoms with van der Waals surface area (Å²) in [6, 6.07) is 16.9. The molecule has 0 bridgehead atoms. The molecule has 7 nitrogen and oxygen atoms in total. The van der Waals surface area contributed by atoms with Crippen molar-refractivity contribution < 1.29 is 4.79 Å². The summed E-state index contributed by atoms with van der Waals surface area (Å²) in [6.07, 6.45) is 2.16. The van der Waals surface area contributed by atoms with Gasteiger partial charge in [-0.15, -0.1) is 0 Å². The number of benzene rings is 2. The lowest BCUT2D eigenvalue weighted by molar-refractivity contribution is 0.0692. The molecule has 2 aliphatic rings. The molecule has 2 N–H and O–H groups in total. The molecule has 0 spiro atoms. The molecule has 0 radical (unpaired) electrons. The van der Waals surface area contributed by atoms with Crippen molar-refractivity contribution in [2.45, 2.75) is 25.8 Å². The number of likely N-dealkylation sites (tertiary alicyclic amines) is 1. The summed E-state index contributed by atoms with van der Waals surface area (Å²) in [6.45, 7) is 7.76. The number of aromatic amines is 2. The number of nitrogens with one attached hydrogen (secondary N) is 2. The molecular weight excluding hydrogens is 412 g/mol. The Morgan fingerprint density at radius 1 is 1.03 bits per heavy atom. The molecule has 6 rings (SSSR count). The quantitative estimate of drug-likeness (QED) is 0.505. The highest BCUT2D eigenvalue weighted by Gasteiger charge is 2.32. The van der Waals surface area contributed by atoms with Gasteiger partial charge in [0.2, 0.25) is 0 Å². The summed E-state index contributed by atoms with van der Waals surface area (Å²) in [5.74, 6) is 1.19. The van der Waals surface area contributed by atoms with E-state index in [4.69, 9.17) is 0 Å². The van der Waals surface area contributed by atoms with E-state index >= 15 is 0 Å². The van der Waals surface area contributed by atoms with Gasteiger partial charge in [-0.2, -0.15) is 5.10 Å². The lowest BCUT2D eigenvalue weighted by Crippen LogP contribution is -2.51. The van der Waals surface area contributed by atoms with E-state index in [-0.39, 0.29) is 11.9 Å². The van der Waals surface area contributed by atoms with Crippen LogP contribution in [0.3, 0.4) is 0 Å². The summed E-state index contributed by atoms with van der Waals surface area (Å²) >= 11 is 0. The Hall–Kier alpha value is -3.32. The van der Waals surface area contributed by atoms with Crippen LogP contribution in [0, 0.1) is 6.92 Å². The first kappa shape index (κ1) is 20.3. The minimum Gasteiger partial charge on any atom is -0.352 e. The predicted molar refractivity (Wildman–Crippen MR) is 132 cm³/mol. The topological polar surface area (TPSA) is 71.3 Å². The smallest absolute Gasteiger partial charge is 0.270 e. The van der Waals surface area contributed by atoms with Gasteiger partial charge >= 0.3 is 0 Å². The van der Waals surface area contributed by atoms with Crippen molar-refractivity contribution in [1.29, 1.82) is 0 Å². The molecule has 2 aliphatic heterocycles. The molecular formula is C26H30N6O. The van der Waals surface area contributed by atoms with Gasteiger partial charge in [0.05, 0.1) is 5.52 Å². The second-order valence-corrected chi connectivity index (χ2v) is 9.45. The van der Waals surface area contributed by atoms with Crippen LogP contribution in [0.5, 0.6) is 0 Å². The molecule has 33 heavy (non-hydrogen) atoms. The largest absolute Gasteiger partial charge is 0.352 e. The molecule has 2 aromatic carbocycles. The third-order valence-corrected chi connectivity index (χ3v) is 7.24. The van der Waals surface area contributed by atoms with Crippen LogP contribution in [0.4, 0.5) is 5.82 Å². The average Bonchev–Trinajstić information content (AvgIpc) is 3.57. The minimum absolute atomic E-state index is 0.132. The van der Waals surface area contributed by atoms with E-state index in [1.165, 1.54) is 10.9 Å². The van der Waals surface area contributed by atoms with E-state index in [1.807, 2.05) is 12.1 Å². The first-order valence-electron chi connectivity index (χ1n) is 12.0. The van der Waals surface area contributed by atoms with Crippen molar-refractivity contribution in [1.82, 2.24) is 25.0 Å². The van der Waals surface area contributed by atoms with E-state index in [0.717, 1.165) is 74.3 Å². The molecule has 7 heteroatoms. The molecule has 2 fully saturated rings. The van der Waals surface area contributed by atoms with Crippen molar-refractivity contribution in [2.75, 3.05) is 44.2 Å². The van der Waals surface area contributed by atoms with Crippen molar-refractivity contribution in [3.8, 4) is 0 Å². The van der Waals surface area contributed by atoms with E-state index in [0.29, 0.717) is 5.69 Å². The highest BCUT2D eigenvalue weighted by molar-refractivity contribution is 5.98. The summed E-state index contributed by atoms with van der Waals surface area (Å²) in [4.78, 5) is 23.7. The van der Waals surface area contributed by atoms with Crippen LogP contribution >= 0.6 is 0 Å². The number of amides is 1. The van der Waals surface area contributed by atoms with E-state index in [1.54, 1.807) is 0 Å². The monoisotopic (exact) mass is 442 g/mol.